The Kier molecular flexibility index (Phi) is 5.57. The van der Waals surface area contributed by atoms with E-state index in [1.165, 1.54) is 0 Å². The quantitative estimate of drug-likeness (QED) is 0.777. The topological polar surface area (TPSA) is 45.6 Å². The van der Waals surface area contributed by atoms with Gasteiger partial charge in [-0.2, -0.15) is 0 Å². The van der Waals surface area contributed by atoms with Gasteiger partial charge in [0.25, 0.3) is 5.91 Å². The van der Waals surface area contributed by atoms with Gasteiger partial charge in [-0.25, -0.2) is 0 Å². The summed E-state index contributed by atoms with van der Waals surface area (Å²) < 4.78 is 2.17. The number of carbonyl (C=O) groups is 2. The highest BCUT2D eigenvalue weighted by molar-refractivity contribution is 5.99. The maximum absolute atomic E-state index is 12.7. The van der Waals surface area contributed by atoms with Crippen LogP contribution in [0.5, 0.6) is 0 Å². The average Bonchev–Trinajstić information content (AvgIpc) is 2.96. The van der Waals surface area contributed by atoms with Crippen LogP contribution in [0.3, 0.4) is 0 Å². The molecule has 0 spiro atoms. The van der Waals surface area contributed by atoms with E-state index in [1.54, 1.807) is 0 Å². The molecule has 0 atom stereocenters. The van der Waals surface area contributed by atoms with Gasteiger partial charge in [-0.15, -0.1) is 0 Å². The van der Waals surface area contributed by atoms with Gasteiger partial charge in [0.1, 0.15) is 0 Å². The van der Waals surface area contributed by atoms with Gasteiger partial charge >= 0.3 is 0 Å². The molecular formula is C21H27N3O2. The first-order valence-electron chi connectivity index (χ1n) is 9.28. The van der Waals surface area contributed by atoms with Crippen molar-refractivity contribution < 1.29 is 9.59 Å². The Morgan fingerprint density at radius 3 is 2.23 bits per heavy atom. The first kappa shape index (κ1) is 18.4. The largest absolute Gasteiger partial charge is 0.349 e. The lowest BCUT2D eigenvalue weighted by atomic mass is 10.1. The zero-order valence-electron chi connectivity index (χ0n) is 15.9. The van der Waals surface area contributed by atoms with Gasteiger partial charge in [-0.1, -0.05) is 18.2 Å². The average molecular weight is 353 g/mol. The van der Waals surface area contributed by atoms with Crippen molar-refractivity contribution in [2.24, 2.45) is 0 Å². The normalized spacial score (nSPS) is 15.3. The van der Waals surface area contributed by atoms with E-state index in [2.05, 4.69) is 16.4 Å². The van der Waals surface area contributed by atoms with Crippen molar-refractivity contribution in [3.63, 3.8) is 0 Å². The number of piperazine rings is 1. The predicted molar refractivity (Wildman–Crippen MR) is 103 cm³/mol. The molecule has 5 nitrogen and oxygen atoms in total. The molecule has 2 aromatic rings. The second-order valence-electron chi connectivity index (χ2n) is 6.89. The van der Waals surface area contributed by atoms with Gasteiger partial charge in [0.05, 0.1) is 6.54 Å². The number of nitrogens with zero attached hydrogens (tertiary/aromatic N) is 3. The fourth-order valence-corrected chi connectivity index (χ4v) is 3.73. The molecule has 0 unspecified atom stereocenters. The number of hydrogen-bond acceptors (Lipinski definition) is 3. The molecule has 1 aliphatic heterocycles. The first-order chi connectivity index (χ1) is 12.5. The molecule has 1 fully saturated rings. The Labute approximate surface area is 155 Å². The SMILES string of the molecule is CCn1c(C)cc(C(=O)CN2CCN(C(=O)c3ccccc3)CC2)c1C. The highest BCUT2D eigenvalue weighted by atomic mass is 16.2. The summed E-state index contributed by atoms with van der Waals surface area (Å²) in [4.78, 5) is 29.2. The van der Waals surface area contributed by atoms with Gasteiger partial charge < -0.3 is 9.47 Å². The number of aryl methyl sites for hydroxylation is 1. The molecule has 0 radical (unpaired) electrons. The number of carbonyl (C=O) groups excluding carboxylic acids is 2. The van der Waals surface area contributed by atoms with Gasteiger partial charge in [0.15, 0.2) is 5.78 Å². The molecule has 1 aromatic heterocycles. The van der Waals surface area contributed by atoms with E-state index in [4.69, 9.17) is 0 Å². The molecule has 26 heavy (non-hydrogen) atoms. The number of Topliss-reactive ketones (excluding diaryl/α,β-unsaturated/α-hetero) is 1. The lowest BCUT2D eigenvalue weighted by molar-refractivity contribution is 0.0624. The Morgan fingerprint density at radius 2 is 1.65 bits per heavy atom. The summed E-state index contributed by atoms with van der Waals surface area (Å²) in [7, 11) is 0. The smallest absolute Gasteiger partial charge is 0.253 e. The standard InChI is InChI=1S/C21H27N3O2/c1-4-24-16(2)14-19(17(24)3)20(25)15-22-10-12-23(13-11-22)21(26)18-8-6-5-7-9-18/h5-9,14H,4,10-13,15H2,1-3H3. The van der Waals surface area contributed by atoms with Crippen LogP contribution in [0.4, 0.5) is 0 Å². The Bertz CT molecular complexity index is 787. The van der Waals surface area contributed by atoms with E-state index in [1.807, 2.05) is 55.1 Å². The number of benzene rings is 1. The number of amides is 1. The summed E-state index contributed by atoms with van der Waals surface area (Å²) in [5.41, 5.74) is 3.73. The summed E-state index contributed by atoms with van der Waals surface area (Å²) in [5, 5.41) is 0. The molecule has 0 N–H and O–H groups in total. The predicted octanol–water partition coefficient (Wildman–Crippen LogP) is 2.77. The van der Waals surface area contributed by atoms with Crippen molar-refractivity contribution >= 4 is 11.7 Å². The van der Waals surface area contributed by atoms with Crippen molar-refractivity contribution in [2.45, 2.75) is 27.3 Å². The molecular weight excluding hydrogens is 326 g/mol. The van der Waals surface area contributed by atoms with E-state index in [9.17, 15) is 9.59 Å². The molecule has 2 heterocycles. The summed E-state index contributed by atoms with van der Waals surface area (Å²) in [6, 6.07) is 11.4. The fraction of sp³-hybridized carbons (Fsp3) is 0.429. The molecule has 5 heteroatoms. The van der Waals surface area contributed by atoms with E-state index < -0.39 is 0 Å². The third kappa shape index (κ3) is 3.73. The zero-order chi connectivity index (χ0) is 18.7. The molecule has 1 amide bonds. The van der Waals surface area contributed by atoms with E-state index in [-0.39, 0.29) is 11.7 Å². The zero-order valence-corrected chi connectivity index (χ0v) is 15.9. The molecule has 1 aliphatic rings. The minimum absolute atomic E-state index is 0.0723. The minimum atomic E-state index is 0.0723. The van der Waals surface area contributed by atoms with Crippen molar-refractivity contribution in [2.75, 3.05) is 32.7 Å². The van der Waals surface area contributed by atoms with Crippen molar-refractivity contribution in [1.29, 1.82) is 0 Å². The van der Waals surface area contributed by atoms with Gasteiger partial charge in [-0.3, -0.25) is 14.5 Å². The highest BCUT2D eigenvalue weighted by Crippen LogP contribution is 2.17. The van der Waals surface area contributed by atoms with Gasteiger partial charge in [-0.05, 0) is 39.0 Å². The van der Waals surface area contributed by atoms with E-state index in [0.29, 0.717) is 19.6 Å². The first-order valence-corrected chi connectivity index (χ1v) is 9.28. The molecule has 1 saturated heterocycles. The van der Waals surface area contributed by atoms with Gasteiger partial charge in [0, 0.05) is 55.2 Å². The lowest BCUT2D eigenvalue weighted by Gasteiger charge is -2.34. The van der Waals surface area contributed by atoms with Crippen LogP contribution in [-0.4, -0.2) is 58.8 Å². The van der Waals surface area contributed by atoms with E-state index in [0.717, 1.165) is 42.1 Å². The number of rotatable bonds is 5. The lowest BCUT2D eigenvalue weighted by Crippen LogP contribution is -2.49. The third-order valence-electron chi connectivity index (χ3n) is 5.24. The third-order valence-corrected chi connectivity index (χ3v) is 5.24. The monoisotopic (exact) mass is 353 g/mol. The summed E-state index contributed by atoms with van der Waals surface area (Å²) >= 11 is 0. The van der Waals surface area contributed by atoms with Crippen molar-refractivity contribution in [3.8, 4) is 0 Å². The highest BCUT2D eigenvalue weighted by Gasteiger charge is 2.24. The van der Waals surface area contributed by atoms with Crippen LogP contribution in [-0.2, 0) is 6.54 Å². The molecule has 3 rings (SSSR count). The fourth-order valence-electron chi connectivity index (χ4n) is 3.73. The maximum atomic E-state index is 12.7. The maximum Gasteiger partial charge on any atom is 0.253 e. The Morgan fingerprint density at radius 1 is 1.00 bits per heavy atom. The summed E-state index contributed by atoms with van der Waals surface area (Å²) in [5.74, 6) is 0.240. The summed E-state index contributed by atoms with van der Waals surface area (Å²) in [6.45, 7) is 10.2. The second kappa shape index (κ2) is 7.87. The van der Waals surface area contributed by atoms with E-state index >= 15 is 0 Å². The van der Waals surface area contributed by atoms with Crippen LogP contribution in [0.15, 0.2) is 36.4 Å². The Balaban J connectivity index is 1.57. The Hall–Kier alpha value is -2.40. The van der Waals surface area contributed by atoms with Crippen LogP contribution in [0.1, 0.15) is 39.0 Å². The molecule has 1 aromatic carbocycles. The van der Waals surface area contributed by atoms with Gasteiger partial charge in [0.2, 0.25) is 0 Å². The molecule has 0 saturated carbocycles. The van der Waals surface area contributed by atoms with Crippen LogP contribution in [0.2, 0.25) is 0 Å². The van der Waals surface area contributed by atoms with Crippen LogP contribution >= 0.6 is 0 Å². The second-order valence-corrected chi connectivity index (χ2v) is 6.89. The van der Waals surface area contributed by atoms with Crippen LogP contribution in [0.25, 0.3) is 0 Å². The molecule has 138 valence electrons. The van der Waals surface area contributed by atoms with Crippen molar-refractivity contribution in [1.82, 2.24) is 14.4 Å². The molecule has 0 aliphatic carbocycles. The number of hydrogen-bond donors (Lipinski definition) is 0. The number of aromatic nitrogens is 1. The van der Waals surface area contributed by atoms with Crippen LogP contribution < -0.4 is 0 Å². The number of ketones is 1. The molecule has 0 bridgehead atoms. The van der Waals surface area contributed by atoms with Crippen molar-refractivity contribution in [3.05, 3.63) is 58.9 Å². The van der Waals surface area contributed by atoms with Crippen LogP contribution in [0, 0.1) is 13.8 Å². The minimum Gasteiger partial charge on any atom is -0.349 e. The summed E-state index contributed by atoms with van der Waals surface area (Å²) in [6.07, 6.45) is 0.